The van der Waals surface area contributed by atoms with Crippen LogP contribution in [0.1, 0.15) is 162 Å². The summed E-state index contributed by atoms with van der Waals surface area (Å²) >= 11 is -4.11. The van der Waals surface area contributed by atoms with Crippen LogP contribution in [0.15, 0.2) is 12.2 Å². The number of aliphatic carboxylic acids is 1. The van der Waals surface area contributed by atoms with Gasteiger partial charge in [0.1, 0.15) is 0 Å². The fourth-order valence-corrected chi connectivity index (χ4v) is 14.1. The molecule has 0 spiro atoms. The van der Waals surface area contributed by atoms with Gasteiger partial charge in [0.2, 0.25) is 0 Å². The molecule has 39 heavy (non-hydrogen) atoms. The van der Waals surface area contributed by atoms with E-state index in [0.717, 1.165) is 69.9 Å². The van der Waals surface area contributed by atoms with Crippen molar-refractivity contribution in [3.8, 4) is 0 Å². The van der Waals surface area contributed by atoms with E-state index in [1.165, 1.54) is 77.0 Å². The predicted octanol–water partition coefficient (Wildman–Crippen LogP) is 9.80. The summed E-state index contributed by atoms with van der Waals surface area (Å²) in [5.41, 5.74) is 0. The van der Waals surface area contributed by atoms with Crippen molar-refractivity contribution in [2.24, 2.45) is 0 Å². The Hall–Kier alpha value is -1.05. The van der Waals surface area contributed by atoms with E-state index in [1.807, 2.05) is 0 Å². The van der Waals surface area contributed by atoms with Crippen LogP contribution in [0.2, 0.25) is 8.87 Å². The van der Waals surface area contributed by atoms with Gasteiger partial charge in [-0.3, -0.25) is 0 Å². The quantitative estimate of drug-likeness (QED) is 0.0511. The summed E-state index contributed by atoms with van der Waals surface area (Å²) < 4.78 is 13.5. The Morgan fingerprint density at radius 2 is 0.923 bits per heavy atom. The molecule has 0 aliphatic rings. The Bertz CT molecular complexity index is 633. The van der Waals surface area contributed by atoms with Crippen LogP contribution in [0.25, 0.3) is 0 Å². The van der Waals surface area contributed by atoms with E-state index in [4.69, 9.17) is 11.3 Å². The zero-order chi connectivity index (χ0) is 29.0. The molecular weight excluding hydrogens is 599 g/mol. The summed E-state index contributed by atoms with van der Waals surface area (Å²) in [5, 5.41) is 8.94. The Labute approximate surface area is 245 Å². The summed E-state index contributed by atoms with van der Waals surface area (Å²) in [5.74, 6) is -2.11. The Balaban J connectivity index is 5.11. The topological polar surface area (TPSA) is 89.9 Å². The van der Waals surface area contributed by atoms with Crippen molar-refractivity contribution < 1.29 is 25.6 Å². The first-order valence-corrected chi connectivity index (χ1v) is 22.6. The number of hydrogen-bond donors (Lipinski definition) is 1. The minimum absolute atomic E-state index is 0.235. The van der Waals surface area contributed by atoms with E-state index in [2.05, 4.69) is 20.8 Å². The molecule has 0 unspecified atom stereocenters. The molecule has 0 aliphatic carbocycles. The summed E-state index contributed by atoms with van der Waals surface area (Å²) in [7, 11) is 0. The number of carbonyl (C=O) groups is 3. The van der Waals surface area contributed by atoms with Crippen molar-refractivity contribution in [3.63, 3.8) is 0 Å². The van der Waals surface area contributed by atoms with Crippen LogP contribution in [0, 0.1) is 0 Å². The van der Waals surface area contributed by atoms with Crippen LogP contribution in [0.5, 0.6) is 0 Å². The number of rotatable bonds is 28. The Morgan fingerprint density at radius 1 is 0.538 bits per heavy atom. The van der Waals surface area contributed by atoms with Crippen LogP contribution < -0.4 is 0 Å². The fraction of sp³-hybridized carbons (Fsp3) is 0.844. The molecule has 0 fully saturated rings. The molecule has 0 aromatic carbocycles. The first-order chi connectivity index (χ1) is 18.9. The Kier molecular flexibility index (Phi) is 26.4. The molecule has 6 nitrogen and oxygen atoms in total. The number of hydrogen-bond acceptors (Lipinski definition) is 5. The minimum atomic E-state index is -4.11. The van der Waals surface area contributed by atoms with Gasteiger partial charge in [0.05, 0.1) is 0 Å². The fourth-order valence-electron chi connectivity index (χ4n) is 4.89. The van der Waals surface area contributed by atoms with Gasteiger partial charge in [-0.15, -0.1) is 0 Å². The average molecular weight is 660 g/mol. The molecular formula is C32H60O6Sn. The van der Waals surface area contributed by atoms with Crippen LogP contribution in [0.3, 0.4) is 0 Å². The second-order valence-electron chi connectivity index (χ2n) is 11.1. The Morgan fingerprint density at radius 3 is 1.33 bits per heavy atom. The summed E-state index contributed by atoms with van der Waals surface area (Å²) in [4.78, 5) is 36.5. The second kappa shape index (κ2) is 27.1. The van der Waals surface area contributed by atoms with Gasteiger partial charge in [0, 0.05) is 0 Å². The second-order valence-corrected chi connectivity index (χ2v) is 20.3. The zero-order valence-electron chi connectivity index (χ0n) is 25.6. The first-order valence-electron chi connectivity index (χ1n) is 16.2. The van der Waals surface area contributed by atoms with Crippen LogP contribution in [-0.4, -0.2) is 42.2 Å². The van der Waals surface area contributed by atoms with Gasteiger partial charge in [-0.25, -0.2) is 0 Å². The van der Waals surface area contributed by atoms with Gasteiger partial charge in [-0.05, 0) is 0 Å². The van der Waals surface area contributed by atoms with Gasteiger partial charge in [0.25, 0.3) is 0 Å². The van der Waals surface area contributed by atoms with Gasteiger partial charge >= 0.3 is 239 Å². The predicted molar refractivity (Wildman–Crippen MR) is 163 cm³/mol. The molecule has 0 bridgehead atoms. The maximum absolute atomic E-state index is 13.0. The van der Waals surface area contributed by atoms with Crippen molar-refractivity contribution in [1.29, 1.82) is 0 Å². The normalized spacial score (nSPS) is 11.7. The number of carboxylic acids is 1. The van der Waals surface area contributed by atoms with Crippen molar-refractivity contribution >= 4 is 37.1 Å². The molecule has 0 aromatic rings. The van der Waals surface area contributed by atoms with Crippen molar-refractivity contribution in [2.45, 2.75) is 171 Å². The molecule has 228 valence electrons. The van der Waals surface area contributed by atoms with Crippen molar-refractivity contribution in [2.75, 3.05) is 0 Å². The molecule has 0 saturated heterocycles. The first kappa shape index (κ1) is 37.9. The molecule has 0 heterocycles. The van der Waals surface area contributed by atoms with E-state index in [-0.39, 0.29) is 5.97 Å². The van der Waals surface area contributed by atoms with Crippen LogP contribution in [-0.2, 0) is 20.5 Å². The molecule has 0 aromatic heterocycles. The number of carbonyl (C=O) groups excluding carboxylic acids is 2. The summed E-state index contributed by atoms with van der Waals surface area (Å²) in [6.45, 7) is 6.62. The van der Waals surface area contributed by atoms with E-state index >= 15 is 0 Å². The summed E-state index contributed by atoms with van der Waals surface area (Å²) in [6.07, 6.45) is 26.0. The molecule has 0 amide bonds. The zero-order valence-corrected chi connectivity index (χ0v) is 28.5. The average Bonchev–Trinajstić information content (AvgIpc) is 2.90. The monoisotopic (exact) mass is 660 g/mol. The van der Waals surface area contributed by atoms with Gasteiger partial charge in [-0.1, -0.05) is 6.92 Å². The van der Waals surface area contributed by atoms with Crippen molar-refractivity contribution in [3.05, 3.63) is 12.2 Å². The SMILES string of the molecule is CCCCCCCCCCCC(=O)[O][Sn]([CH2]CCCCCCC)([CH2]CCCCCCC)[O]C(=O)/C=C\C(=O)O. The number of unbranched alkanes of at least 4 members (excludes halogenated alkanes) is 18. The third-order valence-corrected chi connectivity index (χ3v) is 17.0. The molecule has 7 heteroatoms. The third-order valence-electron chi connectivity index (χ3n) is 7.26. The van der Waals surface area contributed by atoms with Gasteiger partial charge in [0.15, 0.2) is 0 Å². The molecule has 0 rings (SSSR count). The van der Waals surface area contributed by atoms with Crippen LogP contribution in [0.4, 0.5) is 0 Å². The molecule has 1 N–H and O–H groups in total. The van der Waals surface area contributed by atoms with Crippen molar-refractivity contribution in [1.82, 2.24) is 0 Å². The van der Waals surface area contributed by atoms with E-state index in [9.17, 15) is 14.4 Å². The number of carboxylic acid groups (broad SMARTS) is 1. The molecule has 0 atom stereocenters. The molecule has 0 saturated carbocycles. The molecule has 0 aliphatic heterocycles. The standard InChI is InChI=1S/C12H24O2.2C8H17.C4H4O4.Sn/c1-2-3-4-5-6-7-8-9-10-11-12(13)14;2*1-3-5-7-8-6-4-2;5-3(6)1-2-4(7)8;/h2-11H2,1H3,(H,13,14);2*1,3-8H2,2H3;1-2H,(H,5,6)(H,7,8);/q;;;;+2/p-2/b;;;2-1-;. The van der Waals surface area contributed by atoms with Gasteiger partial charge in [-0.2, -0.15) is 0 Å². The third kappa shape index (κ3) is 24.5. The van der Waals surface area contributed by atoms with Gasteiger partial charge < -0.3 is 0 Å². The molecule has 0 radical (unpaired) electrons. The maximum atomic E-state index is 13.0. The van der Waals surface area contributed by atoms with E-state index in [0.29, 0.717) is 15.3 Å². The van der Waals surface area contributed by atoms with E-state index in [1.54, 1.807) is 0 Å². The van der Waals surface area contributed by atoms with Crippen LogP contribution >= 0.6 is 0 Å². The summed E-state index contributed by atoms with van der Waals surface area (Å²) in [6, 6.07) is 0. The van der Waals surface area contributed by atoms with E-state index < -0.39 is 31.1 Å².